The molecule has 1 aliphatic rings. The topological polar surface area (TPSA) is 82.9 Å². The van der Waals surface area contributed by atoms with Crippen molar-refractivity contribution in [2.45, 2.75) is 20.8 Å². The summed E-state index contributed by atoms with van der Waals surface area (Å²) in [6.45, 7) is 8.46. The van der Waals surface area contributed by atoms with E-state index in [1.54, 1.807) is 42.5 Å². The first-order valence-corrected chi connectivity index (χ1v) is 13.3. The van der Waals surface area contributed by atoms with Crippen LogP contribution in [0.3, 0.4) is 0 Å². The molecule has 0 aliphatic carbocycles. The fourth-order valence-electron chi connectivity index (χ4n) is 4.73. The molecule has 7 nitrogen and oxygen atoms in total. The van der Waals surface area contributed by atoms with E-state index in [1.165, 1.54) is 0 Å². The minimum atomic E-state index is -0.428. The van der Waals surface area contributed by atoms with Crippen molar-refractivity contribution in [3.05, 3.63) is 93.8 Å². The molecule has 1 aromatic heterocycles. The first kappa shape index (κ1) is 26.5. The van der Waals surface area contributed by atoms with Crippen molar-refractivity contribution < 1.29 is 14.0 Å². The molecule has 1 fully saturated rings. The second kappa shape index (κ2) is 10.6. The molecule has 2 heterocycles. The van der Waals surface area contributed by atoms with Crippen LogP contribution in [0, 0.1) is 5.41 Å². The number of benzene rings is 3. The molecule has 2 amide bonds. The van der Waals surface area contributed by atoms with Crippen LogP contribution in [-0.4, -0.2) is 42.9 Å². The van der Waals surface area contributed by atoms with E-state index in [2.05, 4.69) is 10.2 Å². The molecule has 0 radical (unpaired) electrons. The zero-order valence-corrected chi connectivity index (χ0v) is 22.9. The molecule has 200 valence electrons. The maximum Gasteiger partial charge on any atom is 0.344 e. The third-order valence-electron chi connectivity index (χ3n) is 6.85. The molecule has 1 saturated heterocycles. The van der Waals surface area contributed by atoms with E-state index in [1.807, 2.05) is 56.0 Å². The van der Waals surface area contributed by atoms with E-state index in [0.29, 0.717) is 59.2 Å². The maximum absolute atomic E-state index is 12.9. The molecule has 0 unspecified atom stereocenters. The van der Waals surface area contributed by atoms with Crippen LogP contribution in [0.15, 0.2) is 82.0 Å². The van der Waals surface area contributed by atoms with Crippen LogP contribution in [0.4, 0.5) is 11.4 Å². The Morgan fingerprint density at radius 2 is 1.59 bits per heavy atom. The van der Waals surface area contributed by atoms with Crippen molar-refractivity contribution in [1.29, 1.82) is 0 Å². The van der Waals surface area contributed by atoms with Crippen LogP contribution >= 0.6 is 11.6 Å². The van der Waals surface area contributed by atoms with Crippen molar-refractivity contribution in [2.24, 2.45) is 5.41 Å². The number of para-hydroxylation sites is 1. The number of carbonyl (C=O) groups excluding carboxylic acids is 2. The summed E-state index contributed by atoms with van der Waals surface area (Å²) in [5.41, 5.74) is 2.71. The van der Waals surface area contributed by atoms with Gasteiger partial charge in [0.05, 0.1) is 16.3 Å². The zero-order valence-electron chi connectivity index (χ0n) is 22.2. The molecule has 39 heavy (non-hydrogen) atoms. The first-order valence-electron chi connectivity index (χ1n) is 12.9. The SMILES string of the molecule is CC(C)(C)C(=O)N1CCN(c2ccc(NC(=O)c3ccc(-c4cc5ccccc5oc4=O)cc3)cc2Cl)CC1. The average Bonchev–Trinajstić information content (AvgIpc) is 2.92. The second-order valence-corrected chi connectivity index (χ2v) is 11.1. The Morgan fingerprint density at radius 1 is 0.897 bits per heavy atom. The summed E-state index contributed by atoms with van der Waals surface area (Å²) in [6, 6.07) is 21.4. The molecule has 1 aliphatic heterocycles. The van der Waals surface area contributed by atoms with E-state index in [0.717, 1.165) is 11.1 Å². The Balaban J connectivity index is 1.24. The first-order chi connectivity index (χ1) is 18.6. The molecule has 3 aromatic carbocycles. The summed E-state index contributed by atoms with van der Waals surface area (Å²) in [6.07, 6.45) is 0. The number of nitrogens with zero attached hydrogens (tertiary/aromatic N) is 2. The Hall–Kier alpha value is -4.10. The van der Waals surface area contributed by atoms with Crippen LogP contribution in [0.5, 0.6) is 0 Å². The van der Waals surface area contributed by atoms with E-state index >= 15 is 0 Å². The standard InChI is InChI=1S/C31H30ClN3O4/c1-31(2,3)30(38)35-16-14-34(15-17-35)26-13-12-23(19-25(26)32)33-28(36)21-10-8-20(9-11-21)24-18-22-6-4-5-7-27(22)39-29(24)37/h4-13,18-19H,14-17H2,1-3H3,(H,33,36). The van der Waals surface area contributed by atoms with Crippen molar-refractivity contribution in [1.82, 2.24) is 4.90 Å². The minimum absolute atomic E-state index is 0.153. The molecular weight excluding hydrogens is 514 g/mol. The highest BCUT2D eigenvalue weighted by molar-refractivity contribution is 6.33. The molecule has 8 heteroatoms. The number of nitrogens with one attached hydrogen (secondary N) is 1. The third-order valence-corrected chi connectivity index (χ3v) is 7.16. The van der Waals surface area contributed by atoms with Gasteiger partial charge in [-0.15, -0.1) is 0 Å². The molecule has 0 atom stereocenters. The molecular formula is C31H30ClN3O4. The molecule has 1 N–H and O–H groups in total. The summed E-state index contributed by atoms with van der Waals surface area (Å²) in [5, 5.41) is 4.25. The average molecular weight is 544 g/mol. The summed E-state index contributed by atoms with van der Waals surface area (Å²) >= 11 is 6.60. The van der Waals surface area contributed by atoms with Gasteiger partial charge in [-0.3, -0.25) is 9.59 Å². The van der Waals surface area contributed by atoms with Gasteiger partial charge in [0, 0.05) is 48.2 Å². The van der Waals surface area contributed by atoms with Gasteiger partial charge in [0.2, 0.25) is 5.91 Å². The van der Waals surface area contributed by atoms with Crippen LogP contribution in [0.1, 0.15) is 31.1 Å². The lowest BCUT2D eigenvalue weighted by atomic mass is 9.94. The number of anilines is 2. The Labute approximate surface area is 232 Å². The number of fused-ring (bicyclic) bond motifs is 1. The highest BCUT2D eigenvalue weighted by atomic mass is 35.5. The number of piperazine rings is 1. The lowest BCUT2D eigenvalue weighted by Gasteiger charge is -2.39. The quantitative estimate of drug-likeness (QED) is 0.316. The molecule has 0 spiro atoms. The summed E-state index contributed by atoms with van der Waals surface area (Å²) in [7, 11) is 0. The lowest BCUT2D eigenvalue weighted by Crippen LogP contribution is -2.51. The zero-order chi connectivity index (χ0) is 27.7. The van der Waals surface area contributed by atoms with Crippen LogP contribution in [0.25, 0.3) is 22.1 Å². The van der Waals surface area contributed by atoms with Gasteiger partial charge < -0.3 is 19.5 Å². The van der Waals surface area contributed by atoms with E-state index in [-0.39, 0.29) is 11.8 Å². The van der Waals surface area contributed by atoms with Gasteiger partial charge in [0.15, 0.2) is 0 Å². The summed E-state index contributed by atoms with van der Waals surface area (Å²) < 4.78 is 5.43. The fourth-order valence-corrected chi connectivity index (χ4v) is 5.03. The summed E-state index contributed by atoms with van der Waals surface area (Å²) in [4.78, 5) is 42.0. The summed E-state index contributed by atoms with van der Waals surface area (Å²) in [5.74, 6) is -0.134. The van der Waals surface area contributed by atoms with E-state index in [9.17, 15) is 14.4 Å². The van der Waals surface area contributed by atoms with E-state index < -0.39 is 11.0 Å². The lowest BCUT2D eigenvalue weighted by molar-refractivity contribution is -0.139. The largest absolute Gasteiger partial charge is 0.422 e. The van der Waals surface area contributed by atoms with Crippen molar-refractivity contribution in [2.75, 3.05) is 36.4 Å². The predicted molar refractivity (Wildman–Crippen MR) is 156 cm³/mol. The maximum atomic E-state index is 12.9. The van der Waals surface area contributed by atoms with Gasteiger partial charge in [0.25, 0.3) is 5.91 Å². The van der Waals surface area contributed by atoms with Gasteiger partial charge in [-0.2, -0.15) is 0 Å². The Bertz CT molecular complexity index is 1600. The van der Waals surface area contributed by atoms with Gasteiger partial charge in [-0.25, -0.2) is 4.79 Å². The Morgan fingerprint density at radius 3 is 2.26 bits per heavy atom. The van der Waals surface area contributed by atoms with Crippen LogP contribution < -0.4 is 15.8 Å². The van der Waals surface area contributed by atoms with Crippen molar-refractivity contribution in [3.63, 3.8) is 0 Å². The number of amides is 2. The molecule has 0 saturated carbocycles. The monoisotopic (exact) mass is 543 g/mol. The third kappa shape index (κ3) is 5.68. The van der Waals surface area contributed by atoms with Gasteiger partial charge in [0.1, 0.15) is 5.58 Å². The van der Waals surface area contributed by atoms with E-state index in [4.69, 9.17) is 16.0 Å². The number of halogens is 1. The second-order valence-electron chi connectivity index (χ2n) is 10.7. The Kier molecular flexibility index (Phi) is 7.19. The molecule has 0 bridgehead atoms. The number of carbonyl (C=O) groups is 2. The minimum Gasteiger partial charge on any atom is -0.422 e. The molecule has 5 rings (SSSR count). The molecule has 4 aromatic rings. The van der Waals surface area contributed by atoms with Crippen molar-refractivity contribution >= 4 is 45.8 Å². The smallest absolute Gasteiger partial charge is 0.344 e. The highest BCUT2D eigenvalue weighted by Crippen LogP contribution is 2.31. The van der Waals surface area contributed by atoms with Gasteiger partial charge >= 0.3 is 5.63 Å². The number of hydrogen-bond donors (Lipinski definition) is 1. The predicted octanol–water partition coefficient (Wildman–Crippen LogP) is 6.06. The highest BCUT2D eigenvalue weighted by Gasteiger charge is 2.30. The van der Waals surface area contributed by atoms with Crippen LogP contribution in [-0.2, 0) is 4.79 Å². The van der Waals surface area contributed by atoms with Gasteiger partial charge in [-0.1, -0.05) is 62.7 Å². The van der Waals surface area contributed by atoms with Gasteiger partial charge in [-0.05, 0) is 48.0 Å². The number of rotatable bonds is 4. The van der Waals surface area contributed by atoms with Crippen molar-refractivity contribution in [3.8, 4) is 11.1 Å². The number of hydrogen-bond acceptors (Lipinski definition) is 5. The normalized spacial score (nSPS) is 13.9. The van der Waals surface area contributed by atoms with Crippen LogP contribution in [0.2, 0.25) is 5.02 Å². The fraction of sp³-hybridized carbons (Fsp3) is 0.258.